The Balaban J connectivity index is 1.54. The molecule has 11 heteroatoms. The second-order valence-electron chi connectivity index (χ2n) is 7.27. The van der Waals surface area contributed by atoms with Crippen LogP contribution in [-0.2, 0) is 31.9 Å². The van der Waals surface area contributed by atoms with Crippen LogP contribution in [-0.4, -0.2) is 26.2 Å². The molecule has 2 aromatic heterocycles. The summed E-state index contributed by atoms with van der Waals surface area (Å²) in [4.78, 5) is 18.3. The van der Waals surface area contributed by atoms with E-state index >= 15 is 0 Å². The Bertz CT molecular complexity index is 1140. The minimum Gasteiger partial charge on any atom is -0.294 e. The smallest absolute Gasteiger partial charge is 0.294 e. The number of fused-ring (bicyclic) bond motifs is 1. The Kier molecular flexibility index (Phi) is 5.16. The lowest BCUT2D eigenvalue weighted by Crippen LogP contribution is -2.32. The zero-order valence-electron chi connectivity index (χ0n) is 15.9. The van der Waals surface area contributed by atoms with Gasteiger partial charge in [-0.3, -0.25) is 14.8 Å². The molecular formula is C20H16F6N4O. The molecule has 0 unspecified atom stereocenters. The molecule has 3 heterocycles. The molecule has 5 nitrogen and oxygen atoms in total. The number of aromatic amines is 1. The van der Waals surface area contributed by atoms with Gasteiger partial charge in [0.1, 0.15) is 0 Å². The normalized spacial score (nSPS) is 15.2. The van der Waals surface area contributed by atoms with E-state index in [0.717, 1.165) is 28.9 Å². The van der Waals surface area contributed by atoms with Crippen LogP contribution in [0.3, 0.4) is 0 Å². The second kappa shape index (κ2) is 7.56. The second-order valence-corrected chi connectivity index (χ2v) is 7.27. The molecule has 1 N–H and O–H groups in total. The predicted octanol–water partition coefficient (Wildman–Crippen LogP) is 4.16. The quantitative estimate of drug-likeness (QED) is 0.620. The molecule has 4 rings (SSSR count). The maximum atomic E-state index is 12.9. The molecule has 0 aliphatic carbocycles. The molecule has 0 fully saturated rings. The summed E-state index contributed by atoms with van der Waals surface area (Å²) >= 11 is 0. The van der Waals surface area contributed by atoms with Gasteiger partial charge in [0.25, 0.3) is 5.56 Å². The number of aromatic nitrogens is 3. The van der Waals surface area contributed by atoms with Crippen molar-refractivity contribution in [3.63, 3.8) is 0 Å². The van der Waals surface area contributed by atoms with Gasteiger partial charge < -0.3 is 0 Å². The standard InChI is InChI=1S/C20H16F6N4O/c21-19(22,23)13-3-1-2-12(8-13)10-29-7-6-16-15(11-29)18(31)30(28-16)17-5-4-14(9-27-17)20(24,25)26/h1-5,8-9,28H,6-7,10-11H2. The van der Waals surface area contributed by atoms with Crippen LogP contribution in [0.15, 0.2) is 47.4 Å². The Hall–Kier alpha value is -3.08. The lowest BCUT2D eigenvalue weighted by atomic mass is 10.1. The highest BCUT2D eigenvalue weighted by atomic mass is 19.4. The van der Waals surface area contributed by atoms with Crippen molar-refractivity contribution in [1.82, 2.24) is 19.7 Å². The maximum absolute atomic E-state index is 12.9. The van der Waals surface area contributed by atoms with Crippen LogP contribution < -0.4 is 5.56 Å². The number of pyridine rings is 1. The summed E-state index contributed by atoms with van der Waals surface area (Å²) in [5, 5.41) is 2.87. The van der Waals surface area contributed by atoms with E-state index in [0.29, 0.717) is 36.0 Å². The number of alkyl halides is 6. The van der Waals surface area contributed by atoms with Crippen LogP contribution in [0.2, 0.25) is 0 Å². The summed E-state index contributed by atoms with van der Waals surface area (Å²) in [6, 6.07) is 6.96. The molecule has 0 saturated carbocycles. The molecule has 3 aromatic rings. The van der Waals surface area contributed by atoms with Gasteiger partial charge in [0.2, 0.25) is 0 Å². The fourth-order valence-corrected chi connectivity index (χ4v) is 3.55. The minimum atomic E-state index is -4.53. The van der Waals surface area contributed by atoms with Gasteiger partial charge in [-0.15, -0.1) is 0 Å². The fraction of sp³-hybridized carbons (Fsp3) is 0.300. The van der Waals surface area contributed by atoms with E-state index in [9.17, 15) is 31.1 Å². The first-order chi connectivity index (χ1) is 14.5. The van der Waals surface area contributed by atoms with Crippen molar-refractivity contribution in [2.24, 2.45) is 0 Å². The van der Waals surface area contributed by atoms with Crippen molar-refractivity contribution in [2.45, 2.75) is 31.9 Å². The number of benzene rings is 1. The first-order valence-electron chi connectivity index (χ1n) is 9.27. The first kappa shape index (κ1) is 21.2. The molecule has 1 aromatic carbocycles. The van der Waals surface area contributed by atoms with Crippen molar-refractivity contribution in [3.8, 4) is 5.82 Å². The van der Waals surface area contributed by atoms with Gasteiger partial charge in [-0.05, 0) is 23.8 Å². The van der Waals surface area contributed by atoms with E-state index < -0.39 is 29.0 Å². The molecule has 0 atom stereocenters. The highest BCUT2D eigenvalue weighted by Gasteiger charge is 2.32. The van der Waals surface area contributed by atoms with E-state index in [1.165, 1.54) is 6.07 Å². The summed E-state index contributed by atoms with van der Waals surface area (Å²) in [6.07, 6.45) is -7.87. The monoisotopic (exact) mass is 442 g/mol. The van der Waals surface area contributed by atoms with E-state index in [1.807, 2.05) is 4.90 Å². The van der Waals surface area contributed by atoms with Crippen LogP contribution in [0.5, 0.6) is 0 Å². The zero-order chi connectivity index (χ0) is 22.4. The third kappa shape index (κ3) is 4.36. The molecular weight excluding hydrogens is 426 g/mol. The largest absolute Gasteiger partial charge is 0.417 e. The fourth-order valence-electron chi connectivity index (χ4n) is 3.55. The highest BCUT2D eigenvalue weighted by molar-refractivity contribution is 5.31. The van der Waals surface area contributed by atoms with E-state index in [1.54, 1.807) is 6.07 Å². The molecule has 0 saturated heterocycles. The van der Waals surface area contributed by atoms with Crippen molar-refractivity contribution in [3.05, 3.63) is 80.9 Å². The zero-order valence-corrected chi connectivity index (χ0v) is 15.9. The van der Waals surface area contributed by atoms with Crippen LogP contribution in [0.25, 0.3) is 5.82 Å². The van der Waals surface area contributed by atoms with Crippen LogP contribution in [0.4, 0.5) is 26.3 Å². The molecule has 31 heavy (non-hydrogen) atoms. The number of halogens is 6. The van der Waals surface area contributed by atoms with Crippen LogP contribution >= 0.6 is 0 Å². The van der Waals surface area contributed by atoms with Crippen LogP contribution in [0, 0.1) is 0 Å². The summed E-state index contributed by atoms with van der Waals surface area (Å²) in [5.74, 6) is 0.0248. The van der Waals surface area contributed by atoms with Gasteiger partial charge in [-0.1, -0.05) is 18.2 Å². The van der Waals surface area contributed by atoms with Gasteiger partial charge in [0.05, 0.1) is 16.7 Å². The summed E-state index contributed by atoms with van der Waals surface area (Å²) in [6.45, 7) is 0.935. The molecule has 0 amide bonds. The highest BCUT2D eigenvalue weighted by Crippen LogP contribution is 2.30. The molecule has 0 spiro atoms. The van der Waals surface area contributed by atoms with E-state index in [2.05, 4.69) is 10.1 Å². The predicted molar refractivity (Wildman–Crippen MR) is 98.4 cm³/mol. The first-order valence-corrected chi connectivity index (χ1v) is 9.27. The average Bonchev–Trinajstić information content (AvgIpc) is 3.03. The lowest BCUT2D eigenvalue weighted by molar-refractivity contribution is -0.138. The van der Waals surface area contributed by atoms with Gasteiger partial charge in [-0.2, -0.15) is 26.3 Å². The van der Waals surface area contributed by atoms with Crippen LogP contribution in [0.1, 0.15) is 27.9 Å². The Morgan fingerprint density at radius 3 is 2.39 bits per heavy atom. The van der Waals surface area contributed by atoms with Gasteiger partial charge in [-0.25, -0.2) is 9.67 Å². The lowest BCUT2D eigenvalue weighted by Gasteiger charge is -2.26. The minimum absolute atomic E-state index is 0.0248. The van der Waals surface area contributed by atoms with Gasteiger partial charge >= 0.3 is 12.4 Å². The van der Waals surface area contributed by atoms with Crippen molar-refractivity contribution >= 4 is 0 Å². The average molecular weight is 442 g/mol. The van der Waals surface area contributed by atoms with Crippen molar-refractivity contribution < 1.29 is 26.3 Å². The summed E-state index contributed by atoms with van der Waals surface area (Å²) in [5.41, 5.74) is -0.589. The number of H-pyrrole nitrogens is 1. The van der Waals surface area contributed by atoms with E-state index in [4.69, 9.17) is 0 Å². The summed E-state index contributed by atoms with van der Waals surface area (Å²) in [7, 11) is 0. The number of nitrogens with zero attached hydrogens (tertiary/aromatic N) is 3. The van der Waals surface area contributed by atoms with Gasteiger partial charge in [0.15, 0.2) is 5.82 Å². The Morgan fingerprint density at radius 1 is 1.00 bits per heavy atom. The number of hydrogen-bond donors (Lipinski definition) is 1. The molecule has 1 aliphatic heterocycles. The van der Waals surface area contributed by atoms with Crippen molar-refractivity contribution in [2.75, 3.05) is 6.54 Å². The topological polar surface area (TPSA) is 53.9 Å². The Labute approximate surface area is 171 Å². The molecule has 164 valence electrons. The molecule has 1 aliphatic rings. The Morgan fingerprint density at radius 2 is 1.74 bits per heavy atom. The summed E-state index contributed by atoms with van der Waals surface area (Å²) < 4.78 is 78.0. The number of hydrogen-bond acceptors (Lipinski definition) is 3. The number of nitrogens with one attached hydrogen (secondary N) is 1. The molecule has 0 radical (unpaired) electrons. The van der Waals surface area contributed by atoms with Crippen molar-refractivity contribution in [1.29, 1.82) is 0 Å². The van der Waals surface area contributed by atoms with E-state index in [-0.39, 0.29) is 18.9 Å². The third-order valence-electron chi connectivity index (χ3n) is 5.10. The molecule has 0 bridgehead atoms. The third-order valence-corrected chi connectivity index (χ3v) is 5.10. The van der Waals surface area contributed by atoms with Gasteiger partial charge in [0, 0.05) is 37.9 Å². The maximum Gasteiger partial charge on any atom is 0.417 e. The SMILES string of the molecule is O=c1c2c([nH]n1-c1ccc(C(F)(F)F)cn1)CCN(Cc1cccc(C(F)(F)F)c1)C2. The number of rotatable bonds is 3.